The molecule has 1 aromatic heterocycles. The average molecular weight is 241 g/mol. The van der Waals surface area contributed by atoms with E-state index in [2.05, 4.69) is 6.92 Å². The molecule has 17 heavy (non-hydrogen) atoms. The first kappa shape index (κ1) is 13.5. The van der Waals surface area contributed by atoms with Crippen LogP contribution < -0.4 is 17.0 Å². The largest absolute Gasteiger partial charge is 0.393 e. The Hall–Kier alpha value is -1.56. The van der Waals surface area contributed by atoms with Gasteiger partial charge in [0.05, 0.1) is 13.2 Å². The molecule has 0 amide bonds. The second kappa shape index (κ2) is 6.24. The standard InChI is InChI=1S/C11H19N3O3/c1-3-4-6-17-7-5-14-10(15)9(12)8-13(2)11(14)16/h8H,3-7,12H2,1-2H3. The van der Waals surface area contributed by atoms with Crippen molar-refractivity contribution in [2.45, 2.75) is 26.3 Å². The van der Waals surface area contributed by atoms with Gasteiger partial charge in [-0.25, -0.2) is 4.79 Å². The maximum absolute atomic E-state index is 11.7. The van der Waals surface area contributed by atoms with Gasteiger partial charge in [0.2, 0.25) is 0 Å². The first-order chi connectivity index (χ1) is 8.07. The maximum atomic E-state index is 11.7. The molecule has 0 fully saturated rings. The fourth-order valence-corrected chi connectivity index (χ4v) is 1.45. The minimum Gasteiger partial charge on any atom is -0.393 e. The summed E-state index contributed by atoms with van der Waals surface area (Å²) in [6.07, 6.45) is 3.36. The Bertz CT molecular complexity index is 442. The van der Waals surface area contributed by atoms with Crippen LogP contribution in [0.4, 0.5) is 5.69 Å². The van der Waals surface area contributed by atoms with E-state index in [-0.39, 0.29) is 17.9 Å². The lowest BCUT2D eigenvalue weighted by Crippen LogP contribution is -2.40. The summed E-state index contributed by atoms with van der Waals surface area (Å²) in [5, 5.41) is 0. The van der Waals surface area contributed by atoms with E-state index in [0.717, 1.165) is 17.4 Å². The third kappa shape index (κ3) is 3.45. The Kier molecular flexibility index (Phi) is 4.96. The summed E-state index contributed by atoms with van der Waals surface area (Å²) in [5.41, 5.74) is 4.75. The molecule has 0 bridgehead atoms. The molecule has 0 spiro atoms. The first-order valence-electron chi connectivity index (χ1n) is 5.71. The van der Waals surface area contributed by atoms with Crippen molar-refractivity contribution in [2.75, 3.05) is 18.9 Å². The van der Waals surface area contributed by atoms with Crippen molar-refractivity contribution in [3.8, 4) is 0 Å². The van der Waals surface area contributed by atoms with Gasteiger partial charge >= 0.3 is 5.69 Å². The van der Waals surface area contributed by atoms with Gasteiger partial charge < -0.3 is 15.0 Å². The summed E-state index contributed by atoms with van der Waals surface area (Å²) in [6, 6.07) is 0. The van der Waals surface area contributed by atoms with E-state index in [1.807, 2.05) is 0 Å². The summed E-state index contributed by atoms with van der Waals surface area (Å²) >= 11 is 0. The van der Waals surface area contributed by atoms with Crippen LogP contribution in [0.25, 0.3) is 0 Å². The van der Waals surface area contributed by atoms with E-state index in [1.54, 1.807) is 7.05 Å². The molecule has 0 saturated heterocycles. The number of aryl methyl sites for hydroxylation is 1. The number of nitrogens with zero attached hydrogens (tertiary/aromatic N) is 2. The molecule has 0 aliphatic rings. The van der Waals surface area contributed by atoms with E-state index < -0.39 is 5.56 Å². The number of hydrogen-bond acceptors (Lipinski definition) is 4. The Labute approximate surface area is 99.6 Å². The van der Waals surface area contributed by atoms with Crippen LogP contribution in [0.2, 0.25) is 0 Å². The highest BCUT2D eigenvalue weighted by molar-refractivity contribution is 5.30. The number of nitrogens with two attached hydrogens (primary N) is 1. The molecule has 0 aliphatic heterocycles. The normalized spacial score (nSPS) is 10.7. The molecule has 0 radical (unpaired) electrons. The van der Waals surface area contributed by atoms with E-state index in [1.165, 1.54) is 10.8 Å². The fourth-order valence-electron chi connectivity index (χ4n) is 1.45. The van der Waals surface area contributed by atoms with E-state index >= 15 is 0 Å². The summed E-state index contributed by atoms with van der Waals surface area (Å²) in [4.78, 5) is 23.3. The Morgan fingerprint density at radius 3 is 2.71 bits per heavy atom. The van der Waals surface area contributed by atoms with Gasteiger partial charge in [0.1, 0.15) is 5.69 Å². The van der Waals surface area contributed by atoms with Gasteiger partial charge in [-0.3, -0.25) is 9.36 Å². The van der Waals surface area contributed by atoms with Crippen LogP contribution in [0.1, 0.15) is 19.8 Å². The minimum absolute atomic E-state index is 0.0701. The van der Waals surface area contributed by atoms with Gasteiger partial charge in [0, 0.05) is 19.9 Å². The number of hydrogen-bond donors (Lipinski definition) is 1. The van der Waals surface area contributed by atoms with Gasteiger partial charge in [-0.05, 0) is 6.42 Å². The van der Waals surface area contributed by atoms with Crippen LogP contribution in [0.3, 0.4) is 0 Å². The molecule has 0 aliphatic carbocycles. The average Bonchev–Trinajstić information content (AvgIpc) is 2.30. The molecular formula is C11H19N3O3. The zero-order valence-corrected chi connectivity index (χ0v) is 10.3. The molecule has 1 rings (SSSR count). The SMILES string of the molecule is CCCCOCCn1c(=O)c(N)cn(C)c1=O. The molecule has 1 aromatic rings. The van der Waals surface area contributed by atoms with Gasteiger partial charge in [-0.2, -0.15) is 0 Å². The topological polar surface area (TPSA) is 79.2 Å². The zero-order valence-electron chi connectivity index (χ0n) is 10.3. The van der Waals surface area contributed by atoms with Crippen molar-refractivity contribution in [1.82, 2.24) is 9.13 Å². The molecule has 1 heterocycles. The second-order valence-corrected chi connectivity index (χ2v) is 3.90. The predicted octanol–water partition coefficient (Wildman–Crippen LogP) is -0.0541. The van der Waals surface area contributed by atoms with Gasteiger partial charge in [-0.1, -0.05) is 13.3 Å². The van der Waals surface area contributed by atoms with Crippen molar-refractivity contribution >= 4 is 5.69 Å². The lowest BCUT2D eigenvalue weighted by atomic mass is 10.4. The number of aromatic nitrogens is 2. The number of nitrogen functional groups attached to an aromatic ring is 1. The maximum Gasteiger partial charge on any atom is 0.330 e. The van der Waals surface area contributed by atoms with Gasteiger partial charge in [0.15, 0.2) is 0 Å². The highest BCUT2D eigenvalue weighted by atomic mass is 16.5. The minimum atomic E-state index is -0.452. The van der Waals surface area contributed by atoms with Gasteiger partial charge in [0.25, 0.3) is 5.56 Å². The lowest BCUT2D eigenvalue weighted by Gasteiger charge is -2.08. The second-order valence-electron chi connectivity index (χ2n) is 3.90. The molecule has 96 valence electrons. The fraction of sp³-hybridized carbons (Fsp3) is 0.636. The summed E-state index contributed by atoms with van der Waals surface area (Å²) in [7, 11) is 1.56. The third-order valence-electron chi connectivity index (χ3n) is 2.46. The Balaban J connectivity index is 2.71. The number of anilines is 1. The van der Waals surface area contributed by atoms with E-state index in [4.69, 9.17) is 10.5 Å². The van der Waals surface area contributed by atoms with Crippen LogP contribution in [0, 0.1) is 0 Å². The van der Waals surface area contributed by atoms with Crippen LogP contribution in [0.5, 0.6) is 0 Å². The van der Waals surface area contributed by atoms with Crippen molar-refractivity contribution in [3.63, 3.8) is 0 Å². The smallest absolute Gasteiger partial charge is 0.330 e. The van der Waals surface area contributed by atoms with Crippen LogP contribution in [-0.4, -0.2) is 22.3 Å². The quantitative estimate of drug-likeness (QED) is 0.708. The molecule has 0 saturated carbocycles. The van der Waals surface area contributed by atoms with E-state index in [0.29, 0.717) is 13.2 Å². The highest BCUT2D eigenvalue weighted by Crippen LogP contribution is 1.90. The summed E-state index contributed by atoms with van der Waals surface area (Å²) < 4.78 is 7.71. The number of ether oxygens (including phenoxy) is 1. The molecular weight excluding hydrogens is 222 g/mol. The molecule has 6 nitrogen and oxygen atoms in total. The molecule has 2 N–H and O–H groups in total. The van der Waals surface area contributed by atoms with Crippen molar-refractivity contribution in [1.29, 1.82) is 0 Å². The van der Waals surface area contributed by atoms with Crippen molar-refractivity contribution in [3.05, 3.63) is 27.0 Å². The monoisotopic (exact) mass is 241 g/mol. The molecule has 6 heteroatoms. The lowest BCUT2D eigenvalue weighted by molar-refractivity contribution is 0.121. The molecule has 0 unspecified atom stereocenters. The van der Waals surface area contributed by atoms with Crippen LogP contribution in [0.15, 0.2) is 15.8 Å². The third-order valence-corrected chi connectivity index (χ3v) is 2.46. The molecule has 0 atom stereocenters. The van der Waals surface area contributed by atoms with E-state index in [9.17, 15) is 9.59 Å². The van der Waals surface area contributed by atoms with Crippen molar-refractivity contribution < 1.29 is 4.74 Å². The Morgan fingerprint density at radius 1 is 1.35 bits per heavy atom. The first-order valence-corrected chi connectivity index (χ1v) is 5.71. The highest BCUT2D eigenvalue weighted by Gasteiger charge is 2.06. The van der Waals surface area contributed by atoms with Crippen LogP contribution in [-0.2, 0) is 18.3 Å². The van der Waals surface area contributed by atoms with Crippen LogP contribution >= 0.6 is 0 Å². The van der Waals surface area contributed by atoms with Crippen molar-refractivity contribution in [2.24, 2.45) is 7.05 Å². The summed E-state index contributed by atoms with van der Waals surface area (Å²) in [5.74, 6) is 0. The van der Waals surface area contributed by atoms with Gasteiger partial charge in [-0.15, -0.1) is 0 Å². The number of rotatable bonds is 6. The predicted molar refractivity (Wildman–Crippen MR) is 66.1 cm³/mol. The number of unbranched alkanes of at least 4 members (excludes halogenated alkanes) is 1. The summed E-state index contributed by atoms with van der Waals surface area (Å²) in [6.45, 7) is 3.30. The molecule has 0 aromatic carbocycles. The zero-order chi connectivity index (χ0) is 12.8. The Morgan fingerprint density at radius 2 is 2.06 bits per heavy atom.